The van der Waals surface area contributed by atoms with Crippen LogP contribution in [0.4, 0.5) is 0 Å². The smallest absolute Gasteiger partial charge is 0.233 e. The molecule has 0 saturated heterocycles. The Labute approximate surface area is 85.8 Å². The van der Waals surface area contributed by atoms with Crippen molar-refractivity contribution in [3.8, 4) is 0 Å². The first kappa shape index (κ1) is 11.5. The zero-order chi connectivity index (χ0) is 10.6. The van der Waals surface area contributed by atoms with E-state index in [9.17, 15) is 4.79 Å². The van der Waals surface area contributed by atoms with Crippen LogP contribution < -0.4 is 11.1 Å². The number of carbonyl (C=O) groups excluding carboxylic acids is 1. The van der Waals surface area contributed by atoms with E-state index >= 15 is 0 Å². The van der Waals surface area contributed by atoms with Gasteiger partial charge in [0, 0.05) is 13.6 Å². The van der Waals surface area contributed by atoms with E-state index < -0.39 is 0 Å². The molecule has 1 rings (SSSR count). The van der Waals surface area contributed by atoms with Crippen molar-refractivity contribution < 1.29 is 4.79 Å². The van der Waals surface area contributed by atoms with E-state index in [-0.39, 0.29) is 5.91 Å². The standard InChI is InChI=1S/C10H21N3O/c1-12-9(14)7-13(2)8-10(3-4-10)5-6-11/h3-8,11H2,1-2H3,(H,12,14). The summed E-state index contributed by atoms with van der Waals surface area (Å²) in [5, 5.41) is 2.63. The van der Waals surface area contributed by atoms with Gasteiger partial charge in [0.2, 0.25) is 5.91 Å². The summed E-state index contributed by atoms with van der Waals surface area (Å²) in [6.07, 6.45) is 3.62. The monoisotopic (exact) mass is 199 g/mol. The lowest BCUT2D eigenvalue weighted by Gasteiger charge is -2.22. The first-order chi connectivity index (χ1) is 6.62. The summed E-state index contributed by atoms with van der Waals surface area (Å²) < 4.78 is 0. The van der Waals surface area contributed by atoms with Crippen molar-refractivity contribution in [1.82, 2.24) is 10.2 Å². The summed E-state index contributed by atoms with van der Waals surface area (Å²) >= 11 is 0. The van der Waals surface area contributed by atoms with Gasteiger partial charge in [0.1, 0.15) is 0 Å². The van der Waals surface area contributed by atoms with Crippen molar-refractivity contribution in [2.75, 3.05) is 33.7 Å². The fourth-order valence-electron chi connectivity index (χ4n) is 1.92. The fourth-order valence-corrected chi connectivity index (χ4v) is 1.92. The number of nitrogens with zero attached hydrogens (tertiary/aromatic N) is 1. The Morgan fingerprint density at radius 3 is 2.64 bits per heavy atom. The van der Waals surface area contributed by atoms with E-state index in [1.165, 1.54) is 12.8 Å². The van der Waals surface area contributed by atoms with Gasteiger partial charge >= 0.3 is 0 Å². The summed E-state index contributed by atoms with van der Waals surface area (Å²) in [5.41, 5.74) is 5.99. The number of hydrogen-bond acceptors (Lipinski definition) is 3. The molecule has 0 aromatic carbocycles. The van der Waals surface area contributed by atoms with Gasteiger partial charge in [-0.1, -0.05) is 0 Å². The van der Waals surface area contributed by atoms with Gasteiger partial charge in [-0.05, 0) is 38.3 Å². The third-order valence-electron chi connectivity index (χ3n) is 2.93. The summed E-state index contributed by atoms with van der Waals surface area (Å²) in [7, 11) is 3.66. The van der Waals surface area contributed by atoms with Crippen molar-refractivity contribution in [2.45, 2.75) is 19.3 Å². The second-order valence-electron chi connectivity index (χ2n) is 4.38. The van der Waals surface area contributed by atoms with Gasteiger partial charge in [0.25, 0.3) is 0 Å². The molecule has 0 aromatic heterocycles. The number of nitrogens with two attached hydrogens (primary N) is 1. The van der Waals surface area contributed by atoms with Crippen LogP contribution in [0, 0.1) is 5.41 Å². The molecule has 1 aliphatic rings. The molecule has 1 saturated carbocycles. The maximum absolute atomic E-state index is 11.1. The highest BCUT2D eigenvalue weighted by Crippen LogP contribution is 2.48. The van der Waals surface area contributed by atoms with Crippen LogP contribution in [0.3, 0.4) is 0 Å². The van der Waals surface area contributed by atoms with Gasteiger partial charge in [0.15, 0.2) is 0 Å². The first-order valence-corrected chi connectivity index (χ1v) is 5.21. The molecule has 4 nitrogen and oxygen atoms in total. The highest BCUT2D eigenvalue weighted by atomic mass is 16.1. The zero-order valence-electron chi connectivity index (χ0n) is 9.18. The van der Waals surface area contributed by atoms with Gasteiger partial charge in [-0.2, -0.15) is 0 Å². The molecule has 0 bridgehead atoms. The van der Waals surface area contributed by atoms with Crippen LogP contribution >= 0.6 is 0 Å². The summed E-state index contributed by atoms with van der Waals surface area (Å²) in [5.74, 6) is 0.0797. The number of rotatable bonds is 6. The molecule has 4 heteroatoms. The van der Waals surface area contributed by atoms with E-state index in [1.54, 1.807) is 7.05 Å². The molecule has 1 fully saturated rings. The predicted molar refractivity (Wildman–Crippen MR) is 56.9 cm³/mol. The molecule has 1 aliphatic carbocycles. The molecule has 1 amide bonds. The van der Waals surface area contributed by atoms with Gasteiger partial charge in [0.05, 0.1) is 6.54 Å². The Morgan fingerprint density at radius 1 is 1.57 bits per heavy atom. The predicted octanol–water partition coefficient (Wildman–Crippen LogP) is -0.207. The molecule has 0 heterocycles. The molecule has 14 heavy (non-hydrogen) atoms. The normalized spacial score (nSPS) is 18.3. The van der Waals surface area contributed by atoms with Crippen molar-refractivity contribution in [3.05, 3.63) is 0 Å². The fraction of sp³-hybridized carbons (Fsp3) is 0.900. The number of nitrogens with one attached hydrogen (secondary N) is 1. The SMILES string of the molecule is CNC(=O)CN(C)CC1(CCN)CC1. The lowest BCUT2D eigenvalue weighted by molar-refractivity contribution is -0.121. The van der Waals surface area contributed by atoms with E-state index in [2.05, 4.69) is 10.2 Å². The van der Waals surface area contributed by atoms with Crippen LogP contribution in [0.5, 0.6) is 0 Å². The highest BCUT2D eigenvalue weighted by molar-refractivity contribution is 5.77. The summed E-state index contributed by atoms with van der Waals surface area (Å²) in [6, 6.07) is 0. The molecule has 0 unspecified atom stereocenters. The quantitative estimate of drug-likeness (QED) is 0.622. The minimum Gasteiger partial charge on any atom is -0.358 e. The van der Waals surface area contributed by atoms with Crippen LogP contribution in [0.2, 0.25) is 0 Å². The van der Waals surface area contributed by atoms with Crippen LogP contribution in [-0.2, 0) is 4.79 Å². The Hall–Kier alpha value is -0.610. The van der Waals surface area contributed by atoms with Gasteiger partial charge in [-0.15, -0.1) is 0 Å². The average molecular weight is 199 g/mol. The average Bonchev–Trinajstić information content (AvgIpc) is 2.85. The van der Waals surface area contributed by atoms with Crippen LogP contribution in [-0.4, -0.2) is 44.5 Å². The summed E-state index contributed by atoms with van der Waals surface area (Å²) in [4.78, 5) is 13.2. The molecular formula is C10H21N3O. The molecule has 0 atom stereocenters. The van der Waals surface area contributed by atoms with Crippen LogP contribution in [0.25, 0.3) is 0 Å². The molecule has 0 aromatic rings. The molecule has 0 spiro atoms. The van der Waals surface area contributed by atoms with E-state index in [4.69, 9.17) is 5.73 Å². The largest absolute Gasteiger partial charge is 0.358 e. The Bertz CT molecular complexity index is 202. The molecule has 0 aliphatic heterocycles. The maximum atomic E-state index is 11.1. The van der Waals surface area contributed by atoms with Gasteiger partial charge < -0.3 is 11.1 Å². The van der Waals surface area contributed by atoms with E-state index in [0.717, 1.165) is 19.5 Å². The van der Waals surface area contributed by atoms with Crippen molar-refractivity contribution in [1.29, 1.82) is 0 Å². The molecule has 0 radical (unpaired) electrons. The van der Waals surface area contributed by atoms with Crippen LogP contribution in [0.15, 0.2) is 0 Å². The van der Waals surface area contributed by atoms with E-state index in [1.807, 2.05) is 7.05 Å². The molecular weight excluding hydrogens is 178 g/mol. The Balaban J connectivity index is 2.26. The minimum absolute atomic E-state index is 0.0797. The third kappa shape index (κ3) is 3.27. The molecule has 82 valence electrons. The number of carbonyl (C=O) groups is 1. The lowest BCUT2D eigenvalue weighted by Crippen LogP contribution is -2.36. The first-order valence-electron chi connectivity index (χ1n) is 5.21. The van der Waals surface area contributed by atoms with E-state index in [0.29, 0.717) is 12.0 Å². The Morgan fingerprint density at radius 2 is 2.21 bits per heavy atom. The lowest BCUT2D eigenvalue weighted by atomic mass is 10.0. The van der Waals surface area contributed by atoms with Crippen molar-refractivity contribution in [3.63, 3.8) is 0 Å². The maximum Gasteiger partial charge on any atom is 0.233 e. The minimum atomic E-state index is 0.0797. The van der Waals surface area contributed by atoms with Crippen molar-refractivity contribution in [2.24, 2.45) is 11.1 Å². The van der Waals surface area contributed by atoms with Gasteiger partial charge in [-0.25, -0.2) is 0 Å². The second kappa shape index (κ2) is 4.75. The zero-order valence-corrected chi connectivity index (χ0v) is 9.18. The van der Waals surface area contributed by atoms with Gasteiger partial charge in [-0.3, -0.25) is 9.69 Å². The number of hydrogen-bond donors (Lipinski definition) is 2. The van der Waals surface area contributed by atoms with Crippen molar-refractivity contribution >= 4 is 5.91 Å². The molecule has 3 N–H and O–H groups in total. The third-order valence-corrected chi connectivity index (χ3v) is 2.93. The van der Waals surface area contributed by atoms with Crippen LogP contribution in [0.1, 0.15) is 19.3 Å². The number of likely N-dealkylation sites (N-methyl/N-ethyl adjacent to an activating group) is 2. The summed E-state index contributed by atoms with van der Waals surface area (Å²) in [6.45, 7) is 2.24. The highest BCUT2D eigenvalue weighted by Gasteiger charge is 2.42. The number of amides is 1. The second-order valence-corrected chi connectivity index (χ2v) is 4.38. The Kier molecular flexibility index (Phi) is 3.89. The topological polar surface area (TPSA) is 58.4 Å².